The highest BCUT2D eigenvalue weighted by Crippen LogP contribution is 2.28. The predicted molar refractivity (Wildman–Crippen MR) is 103 cm³/mol. The van der Waals surface area contributed by atoms with Crippen LogP contribution >= 0.6 is 23.1 Å². The first-order valence-corrected chi connectivity index (χ1v) is 9.81. The molecule has 0 aliphatic rings. The van der Waals surface area contributed by atoms with Crippen LogP contribution in [-0.4, -0.2) is 28.7 Å². The van der Waals surface area contributed by atoms with Crippen molar-refractivity contribution in [1.82, 2.24) is 15.8 Å². The molecule has 0 aliphatic carbocycles. The Balaban J connectivity index is 1.42. The second-order valence-corrected chi connectivity index (χ2v) is 7.74. The third kappa shape index (κ3) is 5.41. The molecule has 3 rings (SSSR count). The summed E-state index contributed by atoms with van der Waals surface area (Å²) in [7, 11) is 0. The number of ether oxygens (including phenoxy) is 1. The van der Waals surface area contributed by atoms with Crippen LogP contribution in [0.2, 0.25) is 0 Å². The molecule has 9 heteroatoms. The second-order valence-electron chi connectivity index (χ2n) is 5.49. The number of thioether (sulfide) groups is 1. The molecule has 0 bridgehead atoms. The number of para-hydroxylation sites is 1. The summed E-state index contributed by atoms with van der Waals surface area (Å²) in [6, 6.07) is 13.1. The average Bonchev–Trinajstić information content (AvgIpc) is 3.09. The van der Waals surface area contributed by atoms with Gasteiger partial charge in [-0.05, 0) is 43.3 Å². The van der Waals surface area contributed by atoms with Crippen molar-refractivity contribution in [1.29, 1.82) is 0 Å². The van der Waals surface area contributed by atoms with E-state index in [2.05, 4.69) is 15.8 Å². The van der Waals surface area contributed by atoms with Gasteiger partial charge in [0.25, 0.3) is 5.91 Å². The number of halogens is 1. The van der Waals surface area contributed by atoms with Crippen LogP contribution in [0.1, 0.15) is 6.92 Å². The van der Waals surface area contributed by atoms with E-state index in [1.165, 1.54) is 54.3 Å². The Labute approximate surface area is 163 Å². The number of rotatable bonds is 6. The number of carbonyl (C=O) groups excluding carboxylic acids is 2. The molecule has 1 atom stereocenters. The van der Waals surface area contributed by atoms with Gasteiger partial charge >= 0.3 is 0 Å². The highest BCUT2D eigenvalue weighted by atomic mass is 32.2. The van der Waals surface area contributed by atoms with Gasteiger partial charge in [-0.2, -0.15) is 0 Å². The van der Waals surface area contributed by atoms with Crippen molar-refractivity contribution in [2.75, 3.05) is 5.75 Å². The number of hydrogen-bond donors (Lipinski definition) is 2. The Morgan fingerprint density at radius 2 is 1.93 bits per heavy atom. The summed E-state index contributed by atoms with van der Waals surface area (Å²) in [6.07, 6.45) is -0.854. The van der Waals surface area contributed by atoms with Gasteiger partial charge in [0.05, 0.1) is 16.0 Å². The molecule has 2 N–H and O–H groups in total. The zero-order chi connectivity index (χ0) is 19.2. The van der Waals surface area contributed by atoms with Crippen LogP contribution in [0.25, 0.3) is 10.2 Å². The van der Waals surface area contributed by atoms with E-state index in [1.54, 1.807) is 0 Å². The molecule has 0 saturated heterocycles. The van der Waals surface area contributed by atoms with Crippen molar-refractivity contribution in [3.8, 4) is 5.75 Å². The number of thiazole rings is 1. The lowest BCUT2D eigenvalue weighted by Crippen LogP contribution is -2.47. The molecule has 2 amide bonds. The largest absolute Gasteiger partial charge is 0.481 e. The van der Waals surface area contributed by atoms with E-state index < -0.39 is 17.8 Å². The summed E-state index contributed by atoms with van der Waals surface area (Å²) in [5, 5.41) is 0. The van der Waals surface area contributed by atoms with Gasteiger partial charge in [0.15, 0.2) is 10.4 Å². The van der Waals surface area contributed by atoms with Gasteiger partial charge in [-0.1, -0.05) is 23.9 Å². The summed E-state index contributed by atoms with van der Waals surface area (Å²) >= 11 is 2.80. The van der Waals surface area contributed by atoms with Crippen molar-refractivity contribution in [2.24, 2.45) is 0 Å². The van der Waals surface area contributed by atoms with Crippen molar-refractivity contribution in [3.63, 3.8) is 0 Å². The van der Waals surface area contributed by atoms with Gasteiger partial charge in [0.1, 0.15) is 11.6 Å². The van der Waals surface area contributed by atoms with E-state index in [4.69, 9.17) is 4.74 Å². The highest BCUT2D eigenvalue weighted by molar-refractivity contribution is 8.01. The quantitative estimate of drug-likeness (QED) is 0.487. The minimum Gasteiger partial charge on any atom is -0.481 e. The van der Waals surface area contributed by atoms with Crippen LogP contribution in [0.15, 0.2) is 52.9 Å². The number of aromatic nitrogens is 1. The first kappa shape index (κ1) is 19.1. The van der Waals surface area contributed by atoms with Crippen LogP contribution in [-0.2, 0) is 9.59 Å². The SMILES string of the molecule is C[C@@H](Oc1ccc(F)cc1)C(=O)NNC(=O)CSc1nc2ccccc2s1. The molecule has 0 spiro atoms. The summed E-state index contributed by atoms with van der Waals surface area (Å²) in [4.78, 5) is 28.3. The van der Waals surface area contributed by atoms with Gasteiger partial charge in [0.2, 0.25) is 5.91 Å². The zero-order valence-corrected chi connectivity index (χ0v) is 15.9. The molecule has 27 heavy (non-hydrogen) atoms. The Morgan fingerprint density at radius 3 is 2.67 bits per heavy atom. The molecular formula is C18H16FN3O3S2. The van der Waals surface area contributed by atoms with Crippen molar-refractivity contribution in [2.45, 2.75) is 17.4 Å². The summed E-state index contributed by atoms with van der Waals surface area (Å²) in [5.74, 6) is -0.791. The maximum Gasteiger partial charge on any atom is 0.279 e. The molecule has 0 saturated carbocycles. The van der Waals surface area contributed by atoms with Crippen LogP contribution in [0.3, 0.4) is 0 Å². The summed E-state index contributed by atoms with van der Waals surface area (Å²) in [5.41, 5.74) is 5.54. The van der Waals surface area contributed by atoms with Gasteiger partial charge in [-0.15, -0.1) is 11.3 Å². The van der Waals surface area contributed by atoms with Gasteiger partial charge in [0, 0.05) is 0 Å². The molecule has 0 aliphatic heterocycles. The fourth-order valence-electron chi connectivity index (χ4n) is 2.08. The molecule has 1 aromatic heterocycles. The first-order valence-electron chi connectivity index (χ1n) is 8.00. The summed E-state index contributed by atoms with van der Waals surface area (Å²) < 4.78 is 20.1. The zero-order valence-electron chi connectivity index (χ0n) is 14.3. The van der Waals surface area contributed by atoms with Crippen molar-refractivity contribution >= 4 is 45.1 Å². The molecular weight excluding hydrogens is 389 g/mol. The number of nitrogens with one attached hydrogen (secondary N) is 2. The van der Waals surface area contributed by atoms with Gasteiger partial charge < -0.3 is 4.74 Å². The van der Waals surface area contributed by atoms with E-state index in [1.807, 2.05) is 24.3 Å². The normalized spacial score (nSPS) is 11.8. The molecule has 140 valence electrons. The molecule has 2 aromatic carbocycles. The predicted octanol–water partition coefficient (Wildman–Crippen LogP) is 3.14. The Morgan fingerprint density at radius 1 is 1.19 bits per heavy atom. The maximum atomic E-state index is 12.9. The number of benzene rings is 2. The second kappa shape index (κ2) is 8.83. The number of nitrogens with zero attached hydrogens (tertiary/aromatic N) is 1. The van der Waals surface area contributed by atoms with E-state index in [9.17, 15) is 14.0 Å². The Bertz CT molecular complexity index is 913. The van der Waals surface area contributed by atoms with Crippen LogP contribution < -0.4 is 15.6 Å². The number of carbonyl (C=O) groups is 2. The minimum atomic E-state index is -0.854. The molecule has 0 fully saturated rings. The standard InChI is InChI=1S/C18H16FN3O3S2/c1-11(25-13-8-6-12(19)7-9-13)17(24)22-21-16(23)10-26-18-20-14-4-2-3-5-15(14)27-18/h2-9,11H,10H2,1H3,(H,21,23)(H,22,24)/t11-/m1/s1. The lowest BCUT2D eigenvalue weighted by atomic mass is 10.3. The molecule has 0 unspecified atom stereocenters. The van der Waals surface area contributed by atoms with E-state index in [-0.39, 0.29) is 11.7 Å². The third-order valence-electron chi connectivity index (χ3n) is 3.42. The topological polar surface area (TPSA) is 80.3 Å². The Kier molecular flexibility index (Phi) is 6.25. The summed E-state index contributed by atoms with van der Waals surface area (Å²) in [6.45, 7) is 1.53. The number of hydrogen-bond acceptors (Lipinski definition) is 6. The average molecular weight is 405 g/mol. The first-order chi connectivity index (χ1) is 13.0. The van der Waals surface area contributed by atoms with E-state index >= 15 is 0 Å². The third-order valence-corrected chi connectivity index (χ3v) is 5.60. The van der Waals surface area contributed by atoms with Crippen LogP contribution in [0.5, 0.6) is 5.75 Å². The highest BCUT2D eigenvalue weighted by Gasteiger charge is 2.16. The van der Waals surface area contributed by atoms with Gasteiger partial charge in [-0.25, -0.2) is 9.37 Å². The van der Waals surface area contributed by atoms with Crippen LogP contribution in [0, 0.1) is 5.82 Å². The maximum absolute atomic E-state index is 12.9. The lowest BCUT2D eigenvalue weighted by molar-refractivity contribution is -0.131. The molecule has 0 radical (unpaired) electrons. The lowest BCUT2D eigenvalue weighted by Gasteiger charge is -2.15. The van der Waals surface area contributed by atoms with Crippen molar-refractivity contribution in [3.05, 3.63) is 54.3 Å². The fraction of sp³-hybridized carbons (Fsp3) is 0.167. The van der Waals surface area contributed by atoms with Crippen molar-refractivity contribution < 1.29 is 18.7 Å². The smallest absolute Gasteiger partial charge is 0.279 e. The molecule has 1 heterocycles. The minimum absolute atomic E-state index is 0.118. The monoisotopic (exact) mass is 405 g/mol. The number of hydrazine groups is 1. The molecule has 3 aromatic rings. The fourth-order valence-corrected chi connectivity index (χ4v) is 3.95. The molecule has 6 nitrogen and oxygen atoms in total. The van der Waals surface area contributed by atoms with E-state index in [0.717, 1.165) is 14.6 Å². The van der Waals surface area contributed by atoms with Gasteiger partial charge in [-0.3, -0.25) is 20.4 Å². The number of amides is 2. The number of fused-ring (bicyclic) bond motifs is 1. The Hall–Kier alpha value is -2.65. The van der Waals surface area contributed by atoms with Crippen LogP contribution in [0.4, 0.5) is 4.39 Å². The van der Waals surface area contributed by atoms with E-state index in [0.29, 0.717) is 5.75 Å².